The van der Waals surface area contributed by atoms with Gasteiger partial charge in [-0.25, -0.2) is 14.5 Å². The molecule has 5 rings (SSSR count). The lowest BCUT2D eigenvalue weighted by atomic mass is 9.81. The van der Waals surface area contributed by atoms with E-state index in [4.69, 9.17) is 19.2 Å². The van der Waals surface area contributed by atoms with E-state index in [-0.39, 0.29) is 5.78 Å². The van der Waals surface area contributed by atoms with Crippen LogP contribution in [0.5, 0.6) is 17.4 Å². The first-order valence-corrected chi connectivity index (χ1v) is 11.5. The zero-order valence-corrected chi connectivity index (χ0v) is 21.1. The van der Waals surface area contributed by atoms with Crippen molar-refractivity contribution in [2.75, 3.05) is 33.2 Å². The molecule has 2 aromatic heterocycles. The van der Waals surface area contributed by atoms with Crippen molar-refractivity contribution in [3.05, 3.63) is 71.3 Å². The molecular formula is C27H27N5O4. The van der Waals surface area contributed by atoms with Gasteiger partial charge >= 0.3 is 0 Å². The van der Waals surface area contributed by atoms with Crippen LogP contribution in [0.25, 0.3) is 17.0 Å². The summed E-state index contributed by atoms with van der Waals surface area (Å²) in [6, 6.07) is 13.6. The van der Waals surface area contributed by atoms with Crippen LogP contribution in [0.3, 0.4) is 0 Å². The van der Waals surface area contributed by atoms with Gasteiger partial charge in [-0.05, 0) is 55.8 Å². The molecule has 0 saturated carbocycles. The zero-order chi connectivity index (χ0) is 25.6. The van der Waals surface area contributed by atoms with Crippen molar-refractivity contribution < 1.29 is 19.0 Å². The third-order valence-corrected chi connectivity index (χ3v) is 6.36. The first-order valence-electron chi connectivity index (χ1n) is 11.5. The van der Waals surface area contributed by atoms with Gasteiger partial charge in [-0.1, -0.05) is 6.07 Å². The van der Waals surface area contributed by atoms with E-state index in [0.29, 0.717) is 45.7 Å². The summed E-state index contributed by atoms with van der Waals surface area (Å²) in [4.78, 5) is 24.3. The molecule has 36 heavy (non-hydrogen) atoms. The number of Topliss-reactive ketones (excluding diaryl/α,β-unsaturated/α-hetero) is 1. The number of nitrogens with zero attached hydrogens (tertiary/aromatic N) is 5. The van der Waals surface area contributed by atoms with Crippen LogP contribution >= 0.6 is 0 Å². The third-order valence-electron chi connectivity index (χ3n) is 6.36. The number of ketones is 1. The monoisotopic (exact) mass is 485 g/mol. The highest BCUT2D eigenvalue weighted by molar-refractivity contribution is 5.97. The van der Waals surface area contributed by atoms with Gasteiger partial charge in [-0.15, -0.1) is 5.10 Å². The molecule has 0 fully saturated rings. The van der Waals surface area contributed by atoms with Crippen molar-refractivity contribution in [2.24, 2.45) is 0 Å². The molecule has 2 aromatic carbocycles. The smallest absolute Gasteiger partial charge is 0.228 e. The van der Waals surface area contributed by atoms with Crippen molar-refractivity contribution in [1.82, 2.24) is 19.6 Å². The molecule has 0 bridgehead atoms. The summed E-state index contributed by atoms with van der Waals surface area (Å²) < 4.78 is 18.6. The van der Waals surface area contributed by atoms with Gasteiger partial charge in [0.15, 0.2) is 28.8 Å². The first kappa shape index (κ1) is 23.3. The average Bonchev–Trinajstić information content (AvgIpc) is 3.31. The number of rotatable bonds is 6. The molecule has 184 valence electrons. The summed E-state index contributed by atoms with van der Waals surface area (Å²) in [6.07, 6.45) is 1.58. The van der Waals surface area contributed by atoms with Crippen LogP contribution in [0.4, 0.5) is 5.69 Å². The molecule has 1 unspecified atom stereocenters. The van der Waals surface area contributed by atoms with Crippen LogP contribution in [0.2, 0.25) is 0 Å². The summed E-state index contributed by atoms with van der Waals surface area (Å²) in [7, 11) is 7.15. The topological polar surface area (TPSA) is 91.1 Å². The third kappa shape index (κ3) is 3.82. The summed E-state index contributed by atoms with van der Waals surface area (Å²) in [5.74, 6) is 2.04. The molecule has 0 radical (unpaired) electrons. The van der Waals surface area contributed by atoms with Gasteiger partial charge in [0.2, 0.25) is 5.88 Å². The van der Waals surface area contributed by atoms with Crippen LogP contribution in [0.15, 0.2) is 60.1 Å². The number of carbonyl (C=O) groups is 1. The summed E-state index contributed by atoms with van der Waals surface area (Å²) in [5, 5.41) is 4.67. The fraction of sp³-hybridized carbons (Fsp3) is 0.259. The van der Waals surface area contributed by atoms with Crippen LogP contribution in [-0.2, 0) is 4.79 Å². The van der Waals surface area contributed by atoms with Crippen molar-refractivity contribution in [2.45, 2.75) is 19.8 Å². The van der Waals surface area contributed by atoms with E-state index in [9.17, 15) is 4.79 Å². The highest BCUT2D eigenvalue weighted by atomic mass is 16.5. The second-order valence-corrected chi connectivity index (χ2v) is 8.78. The van der Waals surface area contributed by atoms with Crippen LogP contribution in [0.1, 0.15) is 30.9 Å². The highest BCUT2D eigenvalue weighted by Crippen LogP contribution is 2.46. The van der Waals surface area contributed by atoms with Crippen LogP contribution < -0.4 is 19.1 Å². The number of benzene rings is 2. The minimum atomic E-state index is -0.476. The highest BCUT2D eigenvalue weighted by Gasteiger charge is 2.36. The lowest BCUT2D eigenvalue weighted by molar-refractivity contribution is -0.114. The van der Waals surface area contributed by atoms with Crippen LogP contribution in [0, 0.1) is 0 Å². The molecule has 4 aromatic rings. The standard InChI is InChI=1S/C27H27N5O4/c1-15(33)22-16(2)36-27-24(23(22)18-9-12-20(34-5)21(13-18)35-6)26-29-25(30-32(26)14-28-27)17-7-10-19(11-8-17)31(3)4/h7-14,23H,1-6H3. The predicted molar refractivity (Wildman–Crippen MR) is 136 cm³/mol. The summed E-state index contributed by atoms with van der Waals surface area (Å²) >= 11 is 0. The number of hydrogen-bond donors (Lipinski definition) is 0. The molecule has 0 amide bonds. The Morgan fingerprint density at radius 1 is 1.06 bits per heavy atom. The fourth-order valence-corrected chi connectivity index (χ4v) is 4.59. The minimum absolute atomic E-state index is 0.0982. The number of anilines is 1. The molecule has 1 atom stereocenters. The van der Waals surface area contributed by atoms with E-state index in [0.717, 1.165) is 16.8 Å². The zero-order valence-electron chi connectivity index (χ0n) is 21.1. The largest absolute Gasteiger partial charge is 0.493 e. The van der Waals surface area contributed by atoms with Crippen molar-refractivity contribution in [3.8, 4) is 28.8 Å². The summed E-state index contributed by atoms with van der Waals surface area (Å²) in [5.41, 5.74) is 4.55. The number of aromatic nitrogens is 4. The molecule has 9 heteroatoms. The lowest BCUT2D eigenvalue weighted by Gasteiger charge is -2.28. The number of fused-ring (bicyclic) bond motifs is 3. The van der Waals surface area contributed by atoms with Gasteiger partial charge in [-0.2, -0.15) is 0 Å². The average molecular weight is 486 g/mol. The maximum atomic E-state index is 12.9. The van der Waals surface area contributed by atoms with E-state index in [1.54, 1.807) is 32.0 Å². The van der Waals surface area contributed by atoms with Gasteiger partial charge in [0.1, 0.15) is 12.1 Å². The molecule has 0 N–H and O–H groups in total. The second kappa shape index (κ2) is 8.99. The Labute approximate surface area is 209 Å². The van der Waals surface area contributed by atoms with E-state index in [1.807, 2.05) is 61.5 Å². The molecule has 0 saturated heterocycles. The molecule has 1 aliphatic rings. The van der Waals surface area contributed by atoms with E-state index in [2.05, 4.69) is 10.1 Å². The Morgan fingerprint density at radius 3 is 2.42 bits per heavy atom. The molecule has 1 aliphatic heterocycles. The number of methoxy groups -OCH3 is 2. The summed E-state index contributed by atoms with van der Waals surface area (Å²) in [6.45, 7) is 3.32. The first-order chi connectivity index (χ1) is 17.3. The second-order valence-electron chi connectivity index (χ2n) is 8.78. The Hall–Kier alpha value is -4.40. The predicted octanol–water partition coefficient (Wildman–Crippen LogP) is 4.26. The van der Waals surface area contributed by atoms with Gasteiger partial charge in [0.05, 0.1) is 25.7 Å². The molecule has 0 aliphatic carbocycles. The SMILES string of the molecule is COc1ccc(C2C(C(C)=O)=C(C)Oc3ncn4nc(-c5ccc(N(C)C)cc5)nc4c32)cc1OC. The fourth-order valence-electron chi connectivity index (χ4n) is 4.59. The van der Waals surface area contributed by atoms with E-state index < -0.39 is 5.92 Å². The number of hydrogen-bond acceptors (Lipinski definition) is 8. The van der Waals surface area contributed by atoms with Gasteiger partial charge in [0, 0.05) is 30.9 Å². The maximum Gasteiger partial charge on any atom is 0.228 e. The Kier molecular flexibility index (Phi) is 5.83. The van der Waals surface area contributed by atoms with Gasteiger partial charge in [0.25, 0.3) is 0 Å². The molecule has 9 nitrogen and oxygen atoms in total. The van der Waals surface area contributed by atoms with Gasteiger partial charge in [-0.3, -0.25) is 4.79 Å². The minimum Gasteiger partial charge on any atom is -0.493 e. The quantitative estimate of drug-likeness (QED) is 0.400. The maximum absolute atomic E-state index is 12.9. The van der Waals surface area contributed by atoms with Crippen molar-refractivity contribution >= 4 is 17.1 Å². The van der Waals surface area contributed by atoms with Crippen molar-refractivity contribution in [3.63, 3.8) is 0 Å². The Bertz CT molecular complexity index is 1500. The Balaban J connectivity index is 1.72. The molecule has 3 heterocycles. The number of allylic oxidation sites excluding steroid dienone is 2. The number of ether oxygens (including phenoxy) is 3. The Morgan fingerprint density at radius 2 is 1.78 bits per heavy atom. The lowest BCUT2D eigenvalue weighted by Crippen LogP contribution is -2.22. The van der Waals surface area contributed by atoms with Gasteiger partial charge < -0.3 is 19.1 Å². The van der Waals surface area contributed by atoms with E-state index >= 15 is 0 Å². The van der Waals surface area contributed by atoms with Crippen molar-refractivity contribution in [1.29, 1.82) is 0 Å². The molecular weight excluding hydrogens is 458 g/mol. The van der Waals surface area contributed by atoms with Crippen LogP contribution in [-0.4, -0.2) is 53.7 Å². The normalized spacial score (nSPS) is 14.9. The number of carbonyl (C=O) groups excluding carboxylic acids is 1. The van der Waals surface area contributed by atoms with E-state index in [1.165, 1.54) is 6.92 Å². The molecule has 0 spiro atoms.